The molecule has 170 valence electrons. The Morgan fingerprint density at radius 3 is 2.44 bits per heavy atom. The third-order valence-electron chi connectivity index (χ3n) is 6.47. The number of benzene rings is 4. The number of hydrogen-bond acceptors (Lipinski definition) is 2. The first-order chi connectivity index (χ1) is 16.5. The van der Waals surface area contributed by atoms with E-state index in [1.807, 2.05) is 42.5 Å². The molecule has 0 bridgehead atoms. The molecule has 5 rings (SSSR count). The van der Waals surface area contributed by atoms with Crippen molar-refractivity contribution in [3.05, 3.63) is 118 Å². The molecule has 0 fully saturated rings. The smallest absolute Gasteiger partial charge is 0.255 e. The molecular weight excluding hydrogens is 451 g/mol. The lowest BCUT2D eigenvalue weighted by molar-refractivity contribution is -0.123. The molecule has 0 aliphatic heterocycles. The average Bonchev–Trinajstić information content (AvgIpc) is 3.25. The molecule has 4 aromatic rings. The van der Waals surface area contributed by atoms with E-state index in [1.165, 1.54) is 11.0 Å². The van der Waals surface area contributed by atoms with Gasteiger partial charge in [-0.3, -0.25) is 9.59 Å². The molecule has 0 heterocycles. The van der Waals surface area contributed by atoms with Crippen LogP contribution in [0, 0.1) is 5.82 Å². The van der Waals surface area contributed by atoms with Gasteiger partial charge in [0.05, 0.1) is 6.04 Å². The van der Waals surface area contributed by atoms with E-state index >= 15 is 0 Å². The number of nitrogens with two attached hydrogens (primary N) is 1. The van der Waals surface area contributed by atoms with Crippen LogP contribution in [0.25, 0.3) is 10.8 Å². The number of carbonyl (C=O) groups excluding carboxylic acids is 2. The number of hydrogen-bond donors (Lipinski definition) is 1. The fourth-order valence-corrected chi connectivity index (χ4v) is 5.21. The fourth-order valence-electron chi connectivity index (χ4n) is 5.00. The van der Waals surface area contributed by atoms with Crippen LogP contribution in [0.1, 0.15) is 45.6 Å². The highest BCUT2D eigenvalue weighted by Gasteiger charge is 2.40. The molecule has 2 atom stereocenters. The van der Waals surface area contributed by atoms with Crippen molar-refractivity contribution in [3.63, 3.8) is 0 Å². The summed E-state index contributed by atoms with van der Waals surface area (Å²) in [5.41, 5.74) is 8.09. The average molecular weight is 473 g/mol. The van der Waals surface area contributed by atoms with E-state index in [2.05, 4.69) is 0 Å². The van der Waals surface area contributed by atoms with Crippen LogP contribution in [0.2, 0.25) is 5.02 Å². The molecule has 2 N–H and O–H groups in total. The predicted octanol–water partition coefficient (Wildman–Crippen LogP) is 5.99. The Bertz CT molecular complexity index is 1400. The quantitative estimate of drug-likeness (QED) is 0.388. The summed E-state index contributed by atoms with van der Waals surface area (Å²) in [5.74, 6) is -1.41. The minimum Gasteiger partial charge on any atom is -0.368 e. The Morgan fingerprint density at radius 1 is 0.971 bits per heavy atom. The summed E-state index contributed by atoms with van der Waals surface area (Å²) in [6, 6.07) is 23.4. The van der Waals surface area contributed by atoms with E-state index in [0.717, 1.165) is 10.8 Å². The van der Waals surface area contributed by atoms with Crippen molar-refractivity contribution in [1.82, 2.24) is 4.90 Å². The van der Waals surface area contributed by atoms with Crippen molar-refractivity contribution >= 4 is 34.2 Å². The molecule has 0 saturated heterocycles. The summed E-state index contributed by atoms with van der Waals surface area (Å²) in [5, 5.41) is 1.92. The van der Waals surface area contributed by atoms with Crippen molar-refractivity contribution in [2.45, 2.75) is 24.9 Å². The maximum atomic E-state index is 14.7. The van der Waals surface area contributed by atoms with Crippen LogP contribution in [0.4, 0.5) is 4.39 Å². The first-order valence-corrected chi connectivity index (χ1v) is 11.5. The van der Waals surface area contributed by atoms with E-state index < -0.39 is 23.8 Å². The van der Waals surface area contributed by atoms with E-state index in [-0.39, 0.29) is 10.9 Å². The second-order valence-corrected chi connectivity index (χ2v) is 8.90. The summed E-state index contributed by atoms with van der Waals surface area (Å²) in [7, 11) is 0. The van der Waals surface area contributed by atoms with Crippen LogP contribution < -0.4 is 5.73 Å². The summed E-state index contributed by atoms with van der Waals surface area (Å²) >= 11 is 6.20. The Hall–Kier alpha value is -3.70. The standard InChI is InChI=1S/C28H22ClFN2O2/c29-19-15-23-21(24(30)16-19)13-14-25(23)32(26(27(31)33)18-8-2-1-3-9-18)28(34)22-12-6-10-17-7-4-5-11-20(17)22/h1-12,15-16,25-26H,13-14H2,(H2,31,33)/t25-,26?/m1/s1. The number of amides is 2. The van der Waals surface area contributed by atoms with Crippen molar-refractivity contribution < 1.29 is 14.0 Å². The number of fused-ring (bicyclic) bond motifs is 2. The van der Waals surface area contributed by atoms with Gasteiger partial charge in [0.1, 0.15) is 11.9 Å². The molecule has 0 radical (unpaired) electrons. The second kappa shape index (κ2) is 8.92. The fraction of sp³-hybridized carbons (Fsp3) is 0.143. The summed E-state index contributed by atoms with van der Waals surface area (Å²) in [6.07, 6.45) is 0.891. The normalized spacial score (nSPS) is 15.6. The lowest BCUT2D eigenvalue weighted by Gasteiger charge is -2.36. The van der Waals surface area contributed by atoms with Gasteiger partial charge in [0.2, 0.25) is 5.91 Å². The zero-order valence-electron chi connectivity index (χ0n) is 18.2. The Kier molecular flexibility index (Phi) is 5.80. The van der Waals surface area contributed by atoms with E-state index in [0.29, 0.717) is 35.1 Å². The molecule has 0 saturated carbocycles. The Balaban J connectivity index is 1.72. The van der Waals surface area contributed by atoms with Crippen molar-refractivity contribution in [2.75, 3.05) is 0 Å². The molecule has 1 aliphatic carbocycles. The number of halogens is 2. The number of primary amides is 1. The third kappa shape index (κ3) is 3.82. The highest BCUT2D eigenvalue weighted by molar-refractivity contribution is 6.30. The van der Waals surface area contributed by atoms with Gasteiger partial charge in [0.15, 0.2) is 0 Å². The molecule has 6 heteroatoms. The maximum absolute atomic E-state index is 14.7. The van der Waals surface area contributed by atoms with Gasteiger partial charge in [-0.25, -0.2) is 4.39 Å². The summed E-state index contributed by atoms with van der Waals surface area (Å²) in [4.78, 5) is 28.6. The molecule has 34 heavy (non-hydrogen) atoms. The monoisotopic (exact) mass is 472 g/mol. The van der Waals surface area contributed by atoms with Gasteiger partial charge < -0.3 is 10.6 Å². The number of rotatable bonds is 5. The third-order valence-corrected chi connectivity index (χ3v) is 6.69. The number of carbonyl (C=O) groups is 2. The van der Waals surface area contributed by atoms with Crippen molar-refractivity contribution in [2.24, 2.45) is 5.73 Å². The maximum Gasteiger partial charge on any atom is 0.255 e. The molecule has 0 aromatic heterocycles. The number of nitrogens with zero attached hydrogens (tertiary/aromatic N) is 1. The van der Waals surface area contributed by atoms with E-state index in [4.69, 9.17) is 17.3 Å². The largest absolute Gasteiger partial charge is 0.368 e. The highest BCUT2D eigenvalue weighted by atomic mass is 35.5. The van der Waals surface area contributed by atoms with Gasteiger partial charge in [0, 0.05) is 10.6 Å². The molecule has 4 aromatic carbocycles. The van der Waals surface area contributed by atoms with E-state index in [1.54, 1.807) is 36.4 Å². The molecule has 1 unspecified atom stereocenters. The first kappa shape index (κ1) is 22.1. The Labute approximate surface area is 201 Å². The first-order valence-electron chi connectivity index (χ1n) is 11.1. The lowest BCUT2D eigenvalue weighted by Crippen LogP contribution is -2.43. The van der Waals surface area contributed by atoms with E-state index in [9.17, 15) is 14.0 Å². The Morgan fingerprint density at radius 2 is 1.68 bits per heavy atom. The van der Waals surface area contributed by atoms with Gasteiger partial charge in [-0.15, -0.1) is 0 Å². The van der Waals surface area contributed by atoms with Gasteiger partial charge in [-0.05, 0) is 58.5 Å². The van der Waals surface area contributed by atoms with Crippen LogP contribution in [0.3, 0.4) is 0 Å². The molecule has 1 aliphatic rings. The van der Waals surface area contributed by atoms with Gasteiger partial charge in [-0.2, -0.15) is 0 Å². The molecular formula is C28H22ClFN2O2. The SMILES string of the molecule is NC(=O)C(c1ccccc1)N(C(=O)c1cccc2ccccc12)[C@@H]1CCc2c(F)cc(Cl)cc21. The lowest BCUT2D eigenvalue weighted by atomic mass is 9.96. The predicted molar refractivity (Wildman–Crippen MR) is 131 cm³/mol. The van der Waals surface area contributed by atoms with Crippen molar-refractivity contribution in [1.29, 1.82) is 0 Å². The van der Waals surface area contributed by atoms with Gasteiger partial charge in [-0.1, -0.05) is 78.3 Å². The van der Waals surface area contributed by atoms with Crippen molar-refractivity contribution in [3.8, 4) is 0 Å². The summed E-state index contributed by atoms with van der Waals surface area (Å²) in [6.45, 7) is 0. The van der Waals surface area contributed by atoms with Crippen LogP contribution >= 0.6 is 11.6 Å². The van der Waals surface area contributed by atoms with Crippen LogP contribution in [0.5, 0.6) is 0 Å². The zero-order chi connectivity index (χ0) is 23.8. The van der Waals surface area contributed by atoms with Crippen LogP contribution in [-0.4, -0.2) is 16.7 Å². The molecule has 0 spiro atoms. The minimum atomic E-state index is -1.04. The second-order valence-electron chi connectivity index (χ2n) is 8.46. The summed E-state index contributed by atoms with van der Waals surface area (Å²) < 4.78 is 14.7. The van der Waals surface area contributed by atoms with Gasteiger partial charge >= 0.3 is 0 Å². The molecule has 4 nitrogen and oxygen atoms in total. The zero-order valence-corrected chi connectivity index (χ0v) is 19.0. The minimum absolute atomic E-state index is 0.246. The van der Waals surface area contributed by atoms with Crippen LogP contribution in [-0.2, 0) is 11.2 Å². The highest BCUT2D eigenvalue weighted by Crippen LogP contribution is 2.43. The topological polar surface area (TPSA) is 63.4 Å². The molecule has 2 amide bonds. The van der Waals surface area contributed by atoms with Gasteiger partial charge in [0.25, 0.3) is 5.91 Å². The van der Waals surface area contributed by atoms with Crippen LogP contribution in [0.15, 0.2) is 84.9 Å².